The van der Waals surface area contributed by atoms with Gasteiger partial charge in [0.25, 0.3) is 0 Å². The van der Waals surface area contributed by atoms with E-state index >= 15 is 0 Å². The average molecular weight is 275 g/mol. The summed E-state index contributed by atoms with van der Waals surface area (Å²) in [6.45, 7) is 8.84. The van der Waals surface area contributed by atoms with E-state index in [1.165, 1.54) is 31.2 Å². The van der Waals surface area contributed by atoms with Crippen LogP contribution in [0.1, 0.15) is 65.0 Å². The second-order valence-electron chi connectivity index (χ2n) is 7.11. The second-order valence-corrected chi connectivity index (χ2v) is 7.11. The minimum atomic E-state index is 0.112. The van der Waals surface area contributed by atoms with Gasteiger partial charge in [-0.3, -0.25) is 0 Å². The molecule has 2 atom stereocenters. The van der Waals surface area contributed by atoms with Crippen LogP contribution in [0.15, 0.2) is 24.3 Å². The Kier molecular flexibility index (Phi) is 4.74. The standard InChI is InChI=1S/C18H29NO/c1-13(2)20-15-9-7-8-14(12-15)17(19)16-10-5-6-11-18(16,3)4/h7-9,12-13,16-17H,5-6,10-11,19H2,1-4H3. The molecule has 1 aromatic carbocycles. The zero-order valence-electron chi connectivity index (χ0n) is 13.4. The van der Waals surface area contributed by atoms with Gasteiger partial charge in [0.05, 0.1) is 6.10 Å². The van der Waals surface area contributed by atoms with Gasteiger partial charge in [0.15, 0.2) is 0 Å². The molecule has 1 saturated carbocycles. The van der Waals surface area contributed by atoms with Gasteiger partial charge in [0.2, 0.25) is 0 Å². The Balaban J connectivity index is 2.17. The number of hydrogen-bond donors (Lipinski definition) is 1. The molecule has 0 bridgehead atoms. The Morgan fingerprint density at radius 3 is 2.65 bits per heavy atom. The molecule has 0 radical (unpaired) electrons. The van der Waals surface area contributed by atoms with Gasteiger partial charge < -0.3 is 10.5 Å². The summed E-state index contributed by atoms with van der Waals surface area (Å²) in [4.78, 5) is 0. The zero-order valence-corrected chi connectivity index (χ0v) is 13.4. The lowest BCUT2D eigenvalue weighted by molar-refractivity contribution is 0.112. The third-order valence-electron chi connectivity index (χ3n) is 4.64. The van der Waals surface area contributed by atoms with Gasteiger partial charge in [-0.25, -0.2) is 0 Å². The fourth-order valence-electron chi connectivity index (χ4n) is 3.49. The molecular formula is C18H29NO. The molecule has 1 aromatic rings. The van der Waals surface area contributed by atoms with Crippen molar-refractivity contribution in [2.45, 2.75) is 65.5 Å². The zero-order chi connectivity index (χ0) is 14.8. The van der Waals surface area contributed by atoms with Crippen LogP contribution < -0.4 is 10.5 Å². The summed E-state index contributed by atoms with van der Waals surface area (Å²) in [5.41, 5.74) is 8.14. The van der Waals surface area contributed by atoms with Crippen molar-refractivity contribution in [1.29, 1.82) is 0 Å². The first kappa shape index (κ1) is 15.4. The van der Waals surface area contributed by atoms with E-state index in [9.17, 15) is 0 Å². The Morgan fingerprint density at radius 2 is 2.00 bits per heavy atom. The van der Waals surface area contributed by atoms with Crippen LogP contribution in [0.3, 0.4) is 0 Å². The fraction of sp³-hybridized carbons (Fsp3) is 0.667. The first-order chi connectivity index (χ1) is 9.40. The SMILES string of the molecule is CC(C)Oc1cccc(C(N)C2CCCCC2(C)C)c1. The maximum Gasteiger partial charge on any atom is 0.120 e. The molecular weight excluding hydrogens is 246 g/mol. The molecule has 0 amide bonds. The Morgan fingerprint density at radius 1 is 1.25 bits per heavy atom. The van der Waals surface area contributed by atoms with Crippen molar-refractivity contribution in [1.82, 2.24) is 0 Å². The molecule has 2 heteroatoms. The van der Waals surface area contributed by atoms with Crippen molar-refractivity contribution in [2.24, 2.45) is 17.1 Å². The molecule has 1 aliphatic carbocycles. The lowest BCUT2D eigenvalue weighted by Gasteiger charge is -2.42. The number of nitrogens with two attached hydrogens (primary N) is 1. The van der Waals surface area contributed by atoms with E-state index in [1.807, 2.05) is 6.07 Å². The van der Waals surface area contributed by atoms with Crippen LogP contribution in [0.25, 0.3) is 0 Å². The molecule has 0 heterocycles. The van der Waals surface area contributed by atoms with Crippen molar-refractivity contribution in [3.63, 3.8) is 0 Å². The maximum atomic E-state index is 6.59. The molecule has 20 heavy (non-hydrogen) atoms. The maximum absolute atomic E-state index is 6.59. The van der Waals surface area contributed by atoms with E-state index in [2.05, 4.69) is 45.9 Å². The monoisotopic (exact) mass is 275 g/mol. The van der Waals surface area contributed by atoms with Gasteiger partial charge in [-0.2, -0.15) is 0 Å². The van der Waals surface area contributed by atoms with Crippen LogP contribution in [0.5, 0.6) is 5.75 Å². The average Bonchev–Trinajstić information content (AvgIpc) is 2.37. The van der Waals surface area contributed by atoms with Crippen LogP contribution >= 0.6 is 0 Å². The third-order valence-corrected chi connectivity index (χ3v) is 4.64. The Hall–Kier alpha value is -1.02. The highest BCUT2D eigenvalue weighted by molar-refractivity contribution is 5.31. The molecule has 2 rings (SSSR count). The van der Waals surface area contributed by atoms with E-state index in [4.69, 9.17) is 10.5 Å². The summed E-state index contributed by atoms with van der Waals surface area (Å²) in [6, 6.07) is 8.45. The summed E-state index contributed by atoms with van der Waals surface area (Å²) < 4.78 is 5.79. The summed E-state index contributed by atoms with van der Waals surface area (Å²) in [5, 5.41) is 0. The van der Waals surface area contributed by atoms with Gasteiger partial charge in [0, 0.05) is 6.04 Å². The Labute approximate surface area is 123 Å². The summed E-state index contributed by atoms with van der Waals surface area (Å²) in [6.07, 6.45) is 5.38. The highest BCUT2D eigenvalue weighted by atomic mass is 16.5. The highest BCUT2D eigenvalue weighted by Crippen LogP contribution is 2.46. The van der Waals surface area contributed by atoms with Crippen molar-refractivity contribution in [3.05, 3.63) is 29.8 Å². The molecule has 112 valence electrons. The molecule has 0 spiro atoms. The Bertz CT molecular complexity index is 439. The van der Waals surface area contributed by atoms with E-state index in [1.54, 1.807) is 0 Å². The highest BCUT2D eigenvalue weighted by Gasteiger charge is 2.36. The van der Waals surface area contributed by atoms with E-state index in [0.29, 0.717) is 11.3 Å². The van der Waals surface area contributed by atoms with Gasteiger partial charge in [-0.15, -0.1) is 0 Å². The van der Waals surface area contributed by atoms with Crippen molar-refractivity contribution >= 4 is 0 Å². The van der Waals surface area contributed by atoms with Gasteiger partial charge in [-0.05, 0) is 55.7 Å². The van der Waals surface area contributed by atoms with Crippen LogP contribution in [0.2, 0.25) is 0 Å². The number of rotatable bonds is 4. The summed E-state index contributed by atoms with van der Waals surface area (Å²) >= 11 is 0. The lowest BCUT2D eigenvalue weighted by atomic mass is 9.65. The van der Waals surface area contributed by atoms with Crippen molar-refractivity contribution in [2.75, 3.05) is 0 Å². The number of ether oxygens (including phenoxy) is 1. The molecule has 2 N–H and O–H groups in total. The minimum absolute atomic E-state index is 0.112. The minimum Gasteiger partial charge on any atom is -0.491 e. The predicted octanol–water partition coefficient (Wildman–Crippen LogP) is 4.69. The molecule has 0 aliphatic heterocycles. The first-order valence-corrected chi connectivity index (χ1v) is 7.92. The summed E-state index contributed by atoms with van der Waals surface area (Å²) in [7, 11) is 0. The summed E-state index contributed by atoms with van der Waals surface area (Å²) in [5.74, 6) is 1.49. The predicted molar refractivity (Wildman–Crippen MR) is 84.9 cm³/mol. The van der Waals surface area contributed by atoms with Crippen LogP contribution in [-0.2, 0) is 0 Å². The van der Waals surface area contributed by atoms with E-state index in [0.717, 1.165) is 5.75 Å². The normalized spacial score (nSPS) is 23.6. The van der Waals surface area contributed by atoms with Crippen LogP contribution in [-0.4, -0.2) is 6.10 Å². The number of hydrogen-bond acceptors (Lipinski definition) is 2. The quantitative estimate of drug-likeness (QED) is 0.865. The molecule has 2 nitrogen and oxygen atoms in total. The molecule has 0 aromatic heterocycles. The van der Waals surface area contributed by atoms with Gasteiger partial charge in [0.1, 0.15) is 5.75 Å². The molecule has 1 aliphatic rings. The smallest absolute Gasteiger partial charge is 0.120 e. The van der Waals surface area contributed by atoms with Crippen LogP contribution in [0.4, 0.5) is 0 Å². The van der Waals surface area contributed by atoms with Gasteiger partial charge in [-0.1, -0.05) is 38.8 Å². The molecule has 1 fully saturated rings. The lowest BCUT2D eigenvalue weighted by Crippen LogP contribution is -2.36. The fourth-order valence-corrected chi connectivity index (χ4v) is 3.49. The van der Waals surface area contributed by atoms with Gasteiger partial charge >= 0.3 is 0 Å². The van der Waals surface area contributed by atoms with Crippen molar-refractivity contribution in [3.8, 4) is 5.75 Å². The van der Waals surface area contributed by atoms with Crippen molar-refractivity contribution < 1.29 is 4.74 Å². The molecule has 0 saturated heterocycles. The van der Waals surface area contributed by atoms with E-state index < -0.39 is 0 Å². The number of benzene rings is 1. The van der Waals surface area contributed by atoms with E-state index in [-0.39, 0.29) is 12.1 Å². The molecule has 2 unspecified atom stereocenters. The third kappa shape index (κ3) is 3.54. The van der Waals surface area contributed by atoms with Crippen LogP contribution in [0, 0.1) is 11.3 Å². The first-order valence-electron chi connectivity index (χ1n) is 7.92. The second kappa shape index (κ2) is 6.17. The topological polar surface area (TPSA) is 35.2 Å². The largest absolute Gasteiger partial charge is 0.491 e.